The summed E-state index contributed by atoms with van der Waals surface area (Å²) in [6.07, 6.45) is 0.991. The van der Waals surface area contributed by atoms with Crippen molar-refractivity contribution in [3.05, 3.63) is 65.5 Å². The van der Waals surface area contributed by atoms with Gasteiger partial charge in [0.25, 0.3) is 0 Å². The fourth-order valence-corrected chi connectivity index (χ4v) is 3.86. The number of nitrogens with zero attached hydrogens (tertiary/aromatic N) is 1. The van der Waals surface area contributed by atoms with E-state index in [2.05, 4.69) is 5.32 Å². The highest BCUT2D eigenvalue weighted by atomic mass is 32.2. The van der Waals surface area contributed by atoms with E-state index < -0.39 is 27.8 Å². The number of hydrogen-bond acceptors (Lipinski definition) is 3. The highest BCUT2D eigenvalue weighted by molar-refractivity contribution is 7.92. The number of rotatable bonds is 6. The first-order valence-electron chi connectivity index (χ1n) is 8.21. The van der Waals surface area contributed by atoms with Crippen LogP contribution < -0.4 is 9.62 Å². The van der Waals surface area contributed by atoms with Gasteiger partial charge in [0.15, 0.2) is 0 Å². The zero-order chi connectivity index (χ0) is 19.5. The highest BCUT2D eigenvalue weighted by Crippen LogP contribution is 2.22. The van der Waals surface area contributed by atoms with Gasteiger partial charge in [0, 0.05) is 0 Å². The van der Waals surface area contributed by atoms with Crippen molar-refractivity contribution in [2.75, 3.05) is 10.6 Å². The summed E-state index contributed by atoms with van der Waals surface area (Å²) >= 11 is 0. The Labute approximate surface area is 153 Å². The van der Waals surface area contributed by atoms with E-state index in [1.165, 1.54) is 25.1 Å². The molecule has 0 saturated carbocycles. The molecule has 2 aromatic carbocycles. The van der Waals surface area contributed by atoms with E-state index in [0.717, 1.165) is 27.8 Å². The Kier molecular flexibility index (Phi) is 6.02. The number of amides is 1. The van der Waals surface area contributed by atoms with Gasteiger partial charge in [-0.3, -0.25) is 9.10 Å². The molecule has 26 heavy (non-hydrogen) atoms. The Bertz CT molecular complexity index is 882. The third kappa shape index (κ3) is 4.82. The van der Waals surface area contributed by atoms with Crippen LogP contribution in [0.4, 0.5) is 10.1 Å². The zero-order valence-electron chi connectivity index (χ0n) is 15.2. The smallest absolute Gasteiger partial charge is 0.244 e. The Balaban J connectivity index is 2.23. The van der Waals surface area contributed by atoms with Gasteiger partial charge in [-0.05, 0) is 44.5 Å². The molecule has 140 valence electrons. The lowest BCUT2D eigenvalue weighted by molar-refractivity contribution is -0.122. The second-order valence-electron chi connectivity index (χ2n) is 6.36. The number of nitrogens with one attached hydrogen (secondary N) is 1. The van der Waals surface area contributed by atoms with E-state index in [0.29, 0.717) is 0 Å². The van der Waals surface area contributed by atoms with E-state index in [4.69, 9.17) is 0 Å². The minimum absolute atomic E-state index is 0.109. The molecule has 5 nitrogen and oxygen atoms in total. The number of carbonyl (C=O) groups is 1. The van der Waals surface area contributed by atoms with Gasteiger partial charge in [-0.25, -0.2) is 12.8 Å². The van der Waals surface area contributed by atoms with Gasteiger partial charge >= 0.3 is 0 Å². The van der Waals surface area contributed by atoms with Crippen LogP contribution in [0.1, 0.15) is 31.0 Å². The molecule has 0 bridgehead atoms. The standard InChI is InChI=1S/C19H23FN2O3S/c1-13-8-10-16(11-9-13)14(2)21-19(23)15(3)22(26(4,24)25)18-7-5-6-17(20)12-18/h5-12,14-15H,1-4H3,(H,21,23)/t14-,15+/m0/s1. The number of benzene rings is 2. The molecule has 7 heteroatoms. The number of halogens is 1. The summed E-state index contributed by atoms with van der Waals surface area (Å²) in [7, 11) is -3.78. The third-order valence-corrected chi connectivity index (χ3v) is 5.33. The van der Waals surface area contributed by atoms with Gasteiger partial charge in [0.2, 0.25) is 15.9 Å². The predicted molar refractivity (Wildman–Crippen MR) is 101 cm³/mol. The van der Waals surface area contributed by atoms with Crippen molar-refractivity contribution in [3.8, 4) is 0 Å². The van der Waals surface area contributed by atoms with Crippen LogP contribution >= 0.6 is 0 Å². The molecule has 1 amide bonds. The molecule has 0 radical (unpaired) electrons. The van der Waals surface area contributed by atoms with Crippen molar-refractivity contribution in [2.45, 2.75) is 32.9 Å². The fraction of sp³-hybridized carbons (Fsp3) is 0.316. The van der Waals surface area contributed by atoms with Crippen molar-refractivity contribution in [3.63, 3.8) is 0 Å². The van der Waals surface area contributed by atoms with Gasteiger partial charge in [-0.15, -0.1) is 0 Å². The van der Waals surface area contributed by atoms with E-state index >= 15 is 0 Å². The molecule has 0 spiro atoms. The summed E-state index contributed by atoms with van der Waals surface area (Å²) < 4.78 is 38.9. The second-order valence-corrected chi connectivity index (χ2v) is 8.22. The van der Waals surface area contributed by atoms with Crippen molar-refractivity contribution in [2.24, 2.45) is 0 Å². The van der Waals surface area contributed by atoms with Gasteiger partial charge in [0.05, 0.1) is 18.0 Å². The first-order chi connectivity index (χ1) is 12.1. The molecule has 0 aliphatic heterocycles. The quantitative estimate of drug-likeness (QED) is 0.840. The first-order valence-corrected chi connectivity index (χ1v) is 10.1. The number of hydrogen-bond donors (Lipinski definition) is 1. The lowest BCUT2D eigenvalue weighted by atomic mass is 10.1. The van der Waals surface area contributed by atoms with E-state index in [-0.39, 0.29) is 11.7 Å². The van der Waals surface area contributed by atoms with Crippen LogP contribution in [0.5, 0.6) is 0 Å². The maximum Gasteiger partial charge on any atom is 0.244 e. The topological polar surface area (TPSA) is 66.5 Å². The van der Waals surface area contributed by atoms with Gasteiger partial charge in [-0.1, -0.05) is 35.9 Å². The molecule has 2 atom stereocenters. The Morgan fingerprint density at radius 3 is 2.27 bits per heavy atom. The van der Waals surface area contributed by atoms with Crippen molar-refractivity contribution < 1.29 is 17.6 Å². The molecule has 0 heterocycles. The molecule has 0 aliphatic rings. The summed E-state index contributed by atoms with van der Waals surface area (Å²) in [5.74, 6) is -1.04. The molecule has 2 aromatic rings. The van der Waals surface area contributed by atoms with Crippen LogP contribution in [0.2, 0.25) is 0 Å². The maximum atomic E-state index is 13.5. The lowest BCUT2D eigenvalue weighted by Crippen LogP contribution is -2.48. The van der Waals surface area contributed by atoms with Crippen LogP contribution in [-0.2, 0) is 14.8 Å². The Hall–Kier alpha value is -2.41. The lowest BCUT2D eigenvalue weighted by Gasteiger charge is -2.29. The summed E-state index contributed by atoms with van der Waals surface area (Å²) in [4.78, 5) is 12.6. The SMILES string of the molecule is Cc1ccc([C@H](C)NC(=O)[C@@H](C)N(c2cccc(F)c2)S(C)(=O)=O)cc1. The predicted octanol–water partition coefficient (Wildman–Crippen LogP) is 3.17. The van der Waals surface area contributed by atoms with Gasteiger partial charge in [-0.2, -0.15) is 0 Å². The number of carbonyl (C=O) groups excluding carboxylic acids is 1. The van der Waals surface area contributed by atoms with Gasteiger partial charge < -0.3 is 5.32 Å². The summed E-state index contributed by atoms with van der Waals surface area (Å²) in [5.41, 5.74) is 2.13. The van der Waals surface area contributed by atoms with E-state index in [1.54, 1.807) is 0 Å². The Morgan fingerprint density at radius 1 is 1.12 bits per heavy atom. The maximum absolute atomic E-state index is 13.5. The molecule has 0 aromatic heterocycles. The first kappa shape index (κ1) is 19.9. The monoisotopic (exact) mass is 378 g/mol. The average Bonchev–Trinajstić information content (AvgIpc) is 2.54. The van der Waals surface area contributed by atoms with E-state index in [9.17, 15) is 17.6 Å². The molecule has 2 rings (SSSR count). The van der Waals surface area contributed by atoms with Crippen LogP contribution in [0, 0.1) is 12.7 Å². The zero-order valence-corrected chi connectivity index (χ0v) is 16.0. The number of anilines is 1. The fourth-order valence-electron chi connectivity index (χ4n) is 2.69. The summed E-state index contributed by atoms with van der Waals surface area (Å²) in [6, 6.07) is 11.5. The normalized spacial score (nSPS) is 13.7. The molecule has 0 saturated heterocycles. The van der Waals surface area contributed by atoms with Crippen LogP contribution in [-0.4, -0.2) is 26.6 Å². The van der Waals surface area contributed by atoms with Crippen molar-refractivity contribution in [1.29, 1.82) is 0 Å². The average molecular weight is 378 g/mol. The summed E-state index contributed by atoms with van der Waals surface area (Å²) in [6.45, 7) is 5.27. The Morgan fingerprint density at radius 2 is 1.73 bits per heavy atom. The van der Waals surface area contributed by atoms with Gasteiger partial charge in [0.1, 0.15) is 11.9 Å². The molecular formula is C19H23FN2O3S. The number of sulfonamides is 1. The van der Waals surface area contributed by atoms with E-state index in [1.807, 2.05) is 38.1 Å². The molecule has 0 fully saturated rings. The molecule has 1 N–H and O–H groups in total. The van der Waals surface area contributed by atoms with Crippen molar-refractivity contribution in [1.82, 2.24) is 5.32 Å². The van der Waals surface area contributed by atoms with Crippen LogP contribution in [0.15, 0.2) is 48.5 Å². The minimum atomic E-state index is -3.78. The minimum Gasteiger partial charge on any atom is -0.348 e. The summed E-state index contributed by atoms with van der Waals surface area (Å²) in [5, 5.41) is 2.81. The largest absolute Gasteiger partial charge is 0.348 e. The second kappa shape index (κ2) is 7.86. The molecular weight excluding hydrogens is 355 g/mol. The molecule has 0 unspecified atom stereocenters. The van der Waals surface area contributed by atoms with Crippen molar-refractivity contribution >= 4 is 21.6 Å². The number of aryl methyl sites for hydroxylation is 1. The van der Waals surface area contributed by atoms with Crippen LogP contribution in [0.25, 0.3) is 0 Å². The van der Waals surface area contributed by atoms with Crippen LogP contribution in [0.3, 0.4) is 0 Å². The highest BCUT2D eigenvalue weighted by Gasteiger charge is 2.30. The third-order valence-electron chi connectivity index (χ3n) is 4.09. The molecule has 0 aliphatic carbocycles.